The molecule has 0 unspecified atom stereocenters. The number of aliphatic hydroxyl groups is 1. The second-order valence-corrected chi connectivity index (χ2v) is 2.96. The first-order valence-corrected chi connectivity index (χ1v) is 4.21. The summed E-state index contributed by atoms with van der Waals surface area (Å²) in [5, 5.41) is 13.3. The quantitative estimate of drug-likeness (QED) is 0.711. The monoisotopic (exact) mass is 192 g/mol. The molecule has 4 heteroatoms. The first-order chi connectivity index (χ1) is 6.77. The Morgan fingerprint density at radius 1 is 1.29 bits per heavy atom. The normalized spacial score (nSPS) is 15.5. The van der Waals surface area contributed by atoms with Gasteiger partial charge in [-0.3, -0.25) is 0 Å². The molecule has 0 saturated heterocycles. The van der Waals surface area contributed by atoms with Crippen LogP contribution in [0.5, 0.6) is 0 Å². The molecule has 0 aliphatic carbocycles. The van der Waals surface area contributed by atoms with E-state index in [9.17, 15) is 9.50 Å². The van der Waals surface area contributed by atoms with Crippen molar-refractivity contribution in [2.75, 3.05) is 6.54 Å². The number of halogens is 1. The smallest absolute Gasteiger partial charge is 0.123 e. The van der Waals surface area contributed by atoms with Crippen LogP contribution in [-0.2, 0) is 0 Å². The molecular weight excluding hydrogens is 183 g/mol. The largest absolute Gasteiger partial charge is 0.510 e. The highest BCUT2D eigenvalue weighted by Crippen LogP contribution is 2.17. The molecule has 0 saturated carbocycles. The lowest BCUT2D eigenvalue weighted by molar-refractivity contribution is 0.392. The Morgan fingerprint density at radius 2 is 2.00 bits per heavy atom. The van der Waals surface area contributed by atoms with Gasteiger partial charge in [0.2, 0.25) is 0 Å². The molecule has 2 N–H and O–H groups in total. The van der Waals surface area contributed by atoms with Crippen LogP contribution in [0.3, 0.4) is 0 Å². The van der Waals surface area contributed by atoms with Gasteiger partial charge in [0.15, 0.2) is 0 Å². The lowest BCUT2D eigenvalue weighted by Crippen LogP contribution is -2.16. The van der Waals surface area contributed by atoms with Crippen molar-refractivity contribution in [2.24, 2.45) is 5.10 Å². The molecule has 1 aromatic carbocycles. The molecule has 1 aliphatic rings. The average molecular weight is 192 g/mol. The third kappa shape index (κ3) is 1.59. The highest BCUT2D eigenvalue weighted by molar-refractivity contribution is 6.10. The highest BCUT2D eigenvalue weighted by Gasteiger charge is 2.09. The van der Waals surface area contributed by atoms with E-state index in [0.717, 1.165) is 5.56 Å². The van der Waals surface area contributed by atoms with Crippen LogP contribution in [0.2, 0.25) is 0 Å². The van der Waals surface area contributed by atoms with E-state index in [-0.39, 0.29) is 11.6 Å². The predicted molar refractivity (Wildman–Crippen MR) is 52.4 cm³/mol. The fourth-order valence-electron chi connectivity index (χ4n) is 1.27. The summed E-state index contributed by atoms with van der Waals surface area (Å²) >= 11 is 0. The van der Waals surface area contributed by atoms with Crippen LogP contribution < -0.4 is 5.43 Å². The Bertz CT molecular complexity index is 395. The molecule has 1 heterocycles. The molecule has 1 aromatic rings. The van der Waals surface area contributed by atoms with Crippen LogP contribution in [0.25, 0.3) is 5.57 Å². The Hall–Kier alpha value is -1.84. The second-order valence-electron chi connectivity index (χ2n) is 2.96. The lowest BCUT2D eigenvalue weighted by Gasteiger charge is -2.11. The number of aliphatic hydroxyl groups excluding tert-OH is 1. The molecule has 72 valence electrons. The van der Waals surface area contributed by atoms with Crippen LogP contribution in [0.4, 0.5) is 4.39 Å². The number of hydrogen-bond donors (Lipinski definition) is 2. The maximum atomic E-state index is 12.6. The number of rotatable bonds is 1. The Morgan fingerprint density at radius 3 is 2.64 bits per heavy atom. The Kier molecular flexibility index (Phi) is 2.18. The molecule has 0 aromatic heterocycles. The number of allylic oxidation sites excluding steroid dienone is 1. The molecule has 0 atom stereocenters. The van der Waals surface area contributed by atoms with Gasteiger partial charge in [-0.25, -0.2) is 4.39 Å². The van der Waals surface area contributed by atoms with Gasteiger partial charge in [-0.2, -0.15) is 5.10 Å². The number of benzene rings is 1. The summed E-state index contributed by atoms with van der Waals surface area (Å²) in [6.45, 7) is 0.309. The summed E-state index contributed by atoms with van der Waals surface area (Å²) in [6, 6.07) is 5.92. The molecule has 0 spiro atoms. The minimum absolute atomic E-state index is 0.214. The topological polar surface area (TPSA) is 44.6 Å². The third-order valence-corrected chi connectivity index (χ3v) is 2.00. The Labute approximate surface area is 80.6 Å². The molecule has 0 bridgehead atoms. The Balaban J connectivity index is 2.39. The third-order valence-electron chi connectivity index (χ3n) is 2.00. The van der Waals surface area contributed by atoms with Gasteiger partial charge in [-0.15, -0.1) is 0 Å². The summed E-state index contributed by atoms with van der Waals surface area (Å²) in [5.74, 6) is -0.0775. The first-order valence-electron chi connectivity index (χ1n) is 4.21. The van der Waals surface area contributed by atoms with Gasteiger partial charge >= 0.3 is 0 Å². The number of nitrogens with one attached hydrogen (secondary N) is 1. The second kappa shape index (κ2) is 3.49. The molecule has 1 aliphatic heterocycles. The van der Waals surface area contributed by atoms with Gasteiger partial charge in [0, 0.05) is 5.57 Å². The maximum absolute atomic E-state index is 12.6. The van der Waals surface area contributed by atoms with E-state index in [1.165, 1.54) is 18.3 Å². The molecule has 2 rings (SSSR count). The van der Waals surface area contributed by atoms with Crippen molar-refractivity contribution in [3.05, 3.63) is 41.4 Å². The van der Waals surface area contributed by atoms with Crippen molar-refractivity contribution in [3.63, 3.8) is 0 Å². The van der Waals surface area contributed by atoms with Crippen LogP contribution >= 0.6 is 0 Å². The summed E-state index contributed by atoms with van der Waals surface area (Å²) in [5.41, 5.74) is 4.02. The van der Waals surface area contributed by atoms with E-state index in [1.54, 1.807) is 12.1 Å². The van der Waals surface area contributed by atoms with Gasteiger partial charge < -0.3 is 10.5 Å². The van der Waals surface area contributed by atoms with Crippen molar-refractivity contribution >= 4 is 11.8 Å². The van der Waals surface area contributed by atoms with Crippen LogP contribution in [0, 0.1) is 5.82 Å². The standard InChI is InChI=1S/C10H9FN2O/c11-8-3-1-7(2-4-8)9-5-12-13-6-10(9)14/h1-5,13-14H,6H2. The fraction of sp³-hybridized carbons (Fsp3) is 0.100. The zero-order valence-electron chi connectivity index (χ0n) is 7.37. The molecule has 0 amide bonds. The minimum Gasteiger partial charge on any atom is -0.510 e. The van der Waals surface area contributed by atoms with Crippen LogP contribution in [0.1, 0.15) is 5.56 Å². The van der Waals surface area contributed by atoms with Crippen molar-refractivity contribution in [3.8, 4) is 0 Å². The fourth-order valence-corrected chi connectivity index (χ4v) is 1.27. The summed E-state index contributed by atoms with van der Waals surface area (Å²) in [4.78, 5) is 0. The van der Waals surface area contributed by atoms with Crippen molar-refractivity contribution in [2.45, 2.75) is 0 Å². The zero-order chi connectivity index (χ0) is 9.97. The number of hydrogen-bond acceptors (Lipinski definition) is 3. The molecule has 0 fully saturated rings. The maximum Gasteiger partial charge on any atom is 0.123 e. The number of hydrazone groups is 1. The van der Waals surface area contributed by atoms with Crippen molar-refractivity contribution in [1.82, 2.24) is 5.43 Å². The van der Waals surface area contributed by atoms with Gasteiger partial charge in [0.1, 0.15) is 11.6 Å². The van der Waals surface area contributed by atoms with Gasteiger partial charge in [-0.1, -0.05) is 12.1 Å². The van der Waals surface area contributed by atoms with E-state index < -0.39 is 0 Å². The average Bonchev–Trinajstić information content (AvgIpc) is 2.20. The van der Waals surface area contributed by atoms with E-state index in [4.69, 9.17) is 0 Å². The van der Waals surface area contributed by atoms with Crippen LogP contribution in [-0.4, -0.2) is 17.9 Å². The molecular formula is C10H9FN2O. The van der Waals surface area contributed by atoms with Crippen LogP contribution in [0.15, 0.2) is 35.1 Å². The van der Waals surface area contributed by atoms with Gasteiger partial charge in [0.05, 0.1) is 12.8 Å². The minimum atomic E-state index is -0.292. The molecule has 3 nitrogen and oxygen atoms in total. The molecule has 14 heavy (non-hydrogen) atoms. The SMILES string of the molecule is OC1=C(c2ccc(F)cc2)C=NNC1. The molecule has 0 radical (unpaired) electrons. The zero-order valence-corrected chi connectivity index (χ0v) is 7.37. The van der Waals surface area contributed by atoms with E-state index in [0.29, 0.717) is 12.1 Å². The summed E-state index contributed by atoms with van der Waals surface area (Å²) in [7, 11) is 0. The lowest BCUT2D eigenvalue weighted by atomic mass is 10.1. The van der Waals surface area contributed by atoms with Gasteiger partial charge in [-0.05, 0) is 17.7 Å². The van der Waals surface area contributed by atoms with E-state index in [1.807, 2.05) is 0 Å². The van der Waals surface area contributed by atoms with Gasteiger partial charge in [0.25, 0.3) is 0 Å². The highest BCUT2D eigenvalue weighted by atomic mass is 19.1. The van der Waals surface area contributed by atoms with E-state index >= 15 is 0 Å². The van der Waals surface area contributed by atoms with E-state index in [2.05, 4.69) is 10.5 Å². The summed E-state index contributed by atoms with van der Waals surface area (Å²) < 4.78 is 12.6. The van der Waals surface area contributed by atoms with Crippen molar-refractivity contribution in [1.29, 1.82) is 0 Å². The predicted octanol–water partition coefficient (Wildman–Crippen LogP) is 1.68. The first kappa shape index (κ1) is 8.74. The van der Waals surface area contributed by atoms with Crippen molar-refractivity contribution < 1.29 is 9.50 Å². The number of nitrogens with zero attached hydrogens (tertiary/aromatic N) is 1. The summed E-state index contributed by atoms with van der Waals surface area (Å²) in [6.07, 6.45) is 1.52.